The predicted molar refractivity (Wildman–Crippen MR) is 53.9 cm³/mol. The molecule has 0 spiro atoms. The number of halogens is 3. The van der Waals surface area contributed by atoms with E-state index >= 15 is 0 Å². The molecule has 2 N–H and O–H groups in total. The molecule has 1 aromatic rings. The number of carbonyl (C=O) groups is 1. The van der Waals surface area contributed by atoms with E-state index < -0.39 is 17.9 Å². The highest BCUT2D eigenvalue weighted by Gasteiger charge is 2.65. The van der Waals surface area contributed by atoms with E-state index in [0.717, 1.165) is 0 Å². The van der Waals surface area contributed by atoms with Crippen molar-refractivity contribution < 1.29 is 23.1 Å². The molecule has 96 valence electrons. The molecule has 1 aromatic carbocycles. The SMILES string of the molecule is O=C(O)NCc1ccc(C2(C(F)(F)F)N=N2)cc1. The minimum Gasteiger partial charge on any atom is -0.465 e. The second-order valence-electron chi connectivity index (χ2n) is 3.73. The number of nitrogens with zero attached hydrogens (tertiary/aromatic N) is 2. The molecule has 1 heterocycles. The Morgan fingerprint density at radius 1 is 1.28 bits per heavy atom. The summed E-state index contributed by atoms with van der Waals surface area (Å²) in [6.07, 6.45) is -5.74. The zero-order valence-electron chi connectivity index (χ0n) is 8.90. The third-order valence-electron chi connectivity index (χ3n) is 2.50. The molecule has 18 heavy (non-hydrogen) atoms. The lowest BCUT2D eigenvalue weighted by Gasteiger charge is -2.14. The van der Waals surface area contributed by atoms with Crippen LogP contribution in [0.1, 0.15) is 11.1 Å². The lowest BCUT2D eigenvalue weighted by molar-refractivity contribution is -0.166. The summed E-state index contributed by atoms with van der Waals surface area (Å²) in [5.41, 5.74) is -1.95. The molecule has 0 bridgehead atoms. The van der Waals surface area contributed by atoms with Crippen LogP contribution in [0.15, 0.2) is 34.5 Å². The number of alkyl halides is 3. The number of hydrogen-bond donors (Lipinski definition) is 2. The maximum atomic E-state index is 12.7. The molecule has 0 fully saturated rings. The molecule has 5 nitrogen and oxygen atoms in total. The van der Waals surface area contributed by atoms with Gasteiger partial charge in [-0.2, -0.15) is 13.2 Å². The Morgan fingerprint density at radius 2 is 1.83 bits per heavy atom. The van der Waals surface area contributed by atoms with Gasteiger partial charge in [0.05, 0.1) is 0 Å². The zero-order valence-corrected chi connectivity index (χ0v) is 8.90. The van der Waals surface area contributed by atoms with Gasteiger partial charge in [-0.05, 0) is 5.56 Å². The van der Waals surface area contributed by atoms with E-state index in [9.17, 15) is 18.0 Å². The van der Waals surface area contributed by atoms with Crippen LogP contribution in [0.25, 0.3) is 0 Å². The van der Waals surface area contributed by atoms with E-state index in [4.69, 9.17) is 5.11 Å². The summed E-state index contributed by atoms with van der Waals surface area (Å²) in [4.78, 5) is 10.3. The van der Waals surface area contributed by atoms with E-state index in [1.165, 1.54) is 24.3 Å². The van der Waals surface area contributed by atoms with Crippen LogP contribution in [0.4, 0.5) is 18.0 Å². The molecule has 1 amide bonds. The monoisotopic (exact) mass is 259 g/mol. The summed E-state index contributed by atoms with van der Waals surface area (Å²) in [5.74, 6) is 0. The van der Waals surface area contributed by atoms with Crippen LogP contribution >= 0.6 is 0 Å². The van der Waals surface area contributed by atoms with E-state index in [-0.39, 0.29) is 12.1 Å². The van der Waals surface area contributed by atoms with Crippen molar-refractivity contribution in [3.05, 3.63) is 35.4 Å². The first-order valence-corrected chi connectivity index (χ1v) is 4.92. The summed E-state index contributed by atoms with van der Waals surface area (Å²) in [7, 11) is 0. The number of amides is 1. The van der Waals surface area contributed by atoms with Gasteiger partial charge in [0.25, 0.3) is 0 Å². The molecule has 0 unspecified atom stereocenters. The fourth-order valence-corrected chi connectivity index (χ4v) is 1.48. The van der Waals surface area contributed by atoms with Crippen LogP contribution < -0.4 is 5.32 Å². The molecule has 0 aliphatic carbocycles. The topological polar surface area (TPSA) is 74.0 Å². The molecule has 0 saturated carbocycles. The Kier molecular flexibility index (Phi) is 2.72. The highest BCUT2D eigenvalue weighted by Crippen LogP contribution is 2.52. The maximum absolute atomic E-state index is 12.7. The van der Waals surface area contributed by atoms with Crippen molar-refractivity contribution in [3.63, 3.8) is 0 Å². The van der Waals surface area contributed by atoms with Crippen LogP contribution in [0, 0.1) is 0 Å². The van der Waals surface area contributed by atoms with Gasteiger partial charge in [0.15, 0.2) is 0 Å². The maximum Gasteiger partial charge on any atom is 0.442 e. The van der Waals surface area contributed by atoms with Gasteiger partial charge < -0.3 is 10.4 Å². The van der Waals surface area contributed by atoms with Gasteiger partial charge in [0.2, 0.25) is 0 Å². The first-order chi connectivity index (χ1) is 8.35. The van der Waals surface area contributed by atoms with Gasteiger partial charge >= 0.3 is 17.9 Å². The van der Waals surface area contributed by atoms with Crippen LogP contribution in [0.3, 0.4) is 0 Å². The van der Waals surface area contributed by atoms with Gasteiger partial charge in [-0.15, -0.1) is 10.2 Å². The van der Waals surface area contributed by atoms with E-state index in [0.29, 0.717) is 5.56 Å². The lowest BCUT2D eigenvalue weighted by Crippen LogP contribution is -2.30. The summed E-state index contributed by atoms with van der Waals surface area (Å²) < 4.78 is 38.0. The highest BCUT2D eigenvalue weighted by atomic mass is 19.4. The predicted octanol–water partition coefficient (Wildman–Crippen LogP) is 2.64. The molecular weight excluding hydrogens is 251 g/mol. The number of carboxylic acid groups (broad SMARTS) is 1. The Balaban J connectivity index is 2.11. The van der Waals surface area contributed by atoms with Crippen molar-refractivity contribution in [2.45, 2.75) is 18.4 Å². The Bertz CT molecular complexity index is 490. The summed E-state index contributed by atoms with van der Waals surface area (Å²) in [6.45, 7) is 0.0307. The number of rotatable bonds is 3. The summed E-state index contributed by atoms with van der Waals surface area (Å²) >= 11 is 0. The Morgan fingerprint density at radius 3 is 2.22 bits per heavy atom. The lowest BCUT2D eigenvalue weighted by atomic mass is 10.0. The van der Waals surface area contributed by atoms with Gasteiger partial charge in [0.1, 0.15) is 0 Å². The van der Waals surface area contributed by atoms with E-state index in [1.807, 2.05) is 0 Å². The normalized spacial score (nSPS) is 16.4. The molecule has 0 aromatic heterocycles. The summed E-state index contributed by atoms with van der Waals surface area (Å²) in [6, 6.07) is 5.29. The number of benzene rings is 1. The first kappa shape index (κ1) is 12.3. The van der Waals surface area contributed by atoms with Crippen molar-refractivity contribution in [1.82, 2.24) is 5.32 Å². The largest absolute Gasteiger partial charge is 0.465 e. The van der Waals surface area contributed by atoms with Crippen molar-refractivity contribution in [3.8, 4) is 0 Å². The fourth-order valence-electron chi connectivity index (χ4n) is 1.48. The Hall–Kier alpha value is -2.12. The van der Waals surface area contributed by atoms with Crippen molar-refractivity contribution in [1.29, 1.82) is 0 Å². The van der Waals surface area contributed by atoms with Gasteiger partial charge in [-0.1, -0.05) is 24.3 Å². The molecule has 2 rings (SSSR count). The Labute approximate surface area is 99.3 Å². The van der Waals surface area contributed by atoms with Gasteiger partial charge in [-0.3, -0.25) is 0 Å². The molecule has 0 saturated heterocycles. The zero-order chi connectivity index (χ0) is 13.4. The molecule has 1 aliphatic rings. The van der Waals surface area contributed by atoms with Gasteiger partial charge in [0, 0.05) is 12.1 Å². The highest BCUT2D eigenvalue weighted by molar-refractivity contribution is 5.64. The van der Waals surface area contributed by atoms with Crippen molar-refractivity contribution in [2.75, 3.05) is 0 Å². The number of hydrogen-bond acceptors (Lipinski definition) is 3. The van der Waals surface area contributed by atoms with E-state index in [2.05, 4.69) is 15.5 Å². The standard InChI is InChI=1S/C10H8F3N3O2/c11-10(12,13)9(15-16-9)7-3-1-6(2-4-7)5-14-8(17)18/h1-4,14H,5H2,(H,17,18). The number of nitrogens with one attached hydrogen (secondary N) is 1. The average Bonchev–Trinajstić information content (AvgIpc) is 3.07. The molecule has 0 atom stereocenters. The minimum atomic E-state index is -4.55. The third kappa shape index (κ3) is 2.13. The van der Waals surface area contributed by atoms with Crippen LogP contribution in [0.2, 0.25) is 0 Å². The van der Waals surface area contributed by atoms with Crippen LogP contribution in [-0.2, 0) is 12.2 Å². The van der Waals surface area contributed by atoms with Crippen molar-refractivity contribution in [2.24, 2.45) is 10.2 Å². The van der Waals surface area contributed by atoms with E-state index in [1.54, 1.807) is 0 Å². The van der Waals surface area contributed by atoms with Crippen LogP contribution in [0.5, 0.6) is 0 Å². The summed E-state index contributed by atoms with van der Waals surface area (Å²) in [5, 5.41) is 16.6. The second kappa shape index (κ2) is 3.97. The second-order valence-corrected chi connectivity index (χ2v) is 3.73. The minimum absolute atomic E-state index is 0.0307. The average molecular weight is 259 g/mol. The quantitative estimate of drug-likeness (QED) is 0.875. The fraction of sp³-hybridized carbons (Fsp3) is 0.300. The first-order valence-electron chi connectivity index (χ1n) is 4.92. The molecule has 1 aliphatic heterocycles. The molecule has 8 heteroatoms. The molecular formula is C10H8F3N3O2. The smallest absolute Gasteiger partial charge is 0.442 e. The third-order valence-corrected chi connectivity index (χ3v) is 2.50. The van der Waals surface area contributed by atoms with Crippen LogP contribution in [-0.4, -0.2) is 17.4 Å². The molecule has 0 radical (unpaired) electrons. The van der Waals surface area contributed by atoms with Gasteiger partial charge in [-0.25, -0.2) is 4.79 Å². The van der Waals surface area contributed by atoms with Crippen molar-refractivity contribution >= 4 is 6.09 Å².